The molecule has 0 saturated carbocycles. The molecule has 0 amide bonds. The Bertz CT molecular complexity index is 936. The number of hydrogen-bond acceptors (Lipinski definition) is 3. The number of rotatable bonds is 8. The minimum absolute atomic E-state index is 0.00209. The number of halogens is 4. The van der Waals surface area contributed by atoms with Crippen molar-refractivity contribution in [1.82, 2.24) is 0 Å². The summed E-state index contributed by atoms with van der Waals surface area (Å²) in [5.41, 5.74) is 1.82. The molecule has 3 heterocycles. The van der Waals surface area contributed by atoms with Gasteiger partial charge < -0.3 is 14.2 Å². The Balaban J connectivity index is 1.48. The number of unbranched alkanes of at least 4 members (excludes halogenated alkanes) is 2. The lowest BCUT2D eigenvalue weighted by Crippen LogP contribution is -2.53. The van der Waals surface area contributed by atoms with Gasteiger partial charge in [0.15, 0.2) is 29.4 Å². The van der Waals surface area contributed by atoms with Gasteiger partial charge in [-0.15, -0.1) is 0 Å². The van der Waals surface area contributed by atoms with Crippen molar-refractivity contribution in [2.45, 2.75) is 51.2 Å². The van der Waals surface area contributed by atoms with Crippen LogP contribution < -0.4 is 4.74 Å². The van der Waals surface area contributed by atoms with Crippen LogP contribution in [0.15, 0.2) is 48.7 Å². The van der Waals surface area contributed by atoms with E-state index in [1.165, 1.54) is 19.3 Å². The third-order valence-electron chi connectivity index (χ3n) is 6.44. The predicted molar refractivity (Wildman–Crippen MR) is 112 cm³/mol. The van der Waals surface area contributed by atoms with Gasteiger partial charge in [-0.2, -0.15) is 8.78 Å². The summed E-state index contributed by atoms with van der Waals surface area (Å²) in [5, 5.41) is 0. The fraction of sp³-hybridized carbons (Fsp3) is 0.440. The van der Waals surface area contributed by atoms with Crippen molar-refractivity contribution in [2.24, 2.45) is 5.41 Å². The Labute approximate surface area is 185 Å². The molecule has 3 saturated heterocycles. The summed E-state index contributed by atoms with van der Waals surface area (Å²) in [7, 11) is 0. The van der Waals surface area contributed by atoms with Crippen molar-refractivity contribution in [3.63, 3.8) is 0 Å². The average molecular weight is 450 g/mol. The molecule has 0 aliphatic carbocycles. The molecule has 3 fully saturated rings. The molecule has 32 heavy (non-hydrogen) atoms. The zero-order chi connectivity index (χ0) is 22.8. The van der Waals surface area contributed by atoms with Gasteiger partial charge >= 0.3 is 6.08 Å². The Hall–Kier alpha value is -2.38. The smallest absolute Gasteiger partial charge is 0.305 e. The van der Waals surface area contributed by atoms with Crippen LogP contribution in [0.1, 0.15) is 51.0 Å². The van der Waals surface area contributed by atoms with Crippen molar-refractivity contribution in [1.29, 1.82) is 0 Å². The lowest BCUT2D eigenvalue weighted by Gasteiger charge is -2.53. The van der Waals surface area contributed by atoms with Gasteiger partial charge in [0.1, 0.15) is 0 Å². The number of fused-ring (bicyclic) bond motifs is 3. The largest absolute Gasteiger partial charge is 0.453 e. The minimum atomic E-state index is -2.18. The first-order valence-corrected chi connectivity index (χ1v) is 10.9. The van der Waals surface area contributed by atoms with Crippen molar-refractivity contribution >= 4 is 0 Å². The summed E-state index contributed by atoms with van der Waals surface area (Å²) in [6, 6.07) is 9.26. The minimum Gasteiger partial charge on any atom is -0.453 e. The second-order valence-electron chi connectivity index (χ2n) is 8.66. The highest BCUT2D eigenvalue weighted by molar-refractivity contribution is 5.65. The molecule has 7 heteroatoms. The molecule has 3 nitrogen and oxygen atoms in total. The standard InChI is InChI=1S/C25H26F4O3/c1-2-3-4-9-24-10-11-25(31-15-24,32-16-24)19-7-5-17(6-8-19)18-12-20(26)23(21(27)13-18)30-14-22(28)29/h5-8,12-14H,2-4,9-11,15-16H2,1H3. The van der Waals surface area contributed by atoms with Crippen molar-refractivity contribution < 1.29 is 31.8 Å². The molecule has 2 aromatic rings. The predicted octanol–water partition coefficient (Wildman–Crippen LogP) is 7.31. The molecule has 0 aromatic heterocycles. The van der Waals surface area contributed by atoms with E-state index < -0.39 is 29.3 Å². The monoisotopic (exact) mass is 450 g/mol. The van der Waals surface area contributed by atoms with E-state index in [1.54, 1.807) is 12.1 Å². The van der Waals surface area contributed by atoms with Crippen LogP contribution in [0.4, 0.5) is 17.6 Å². The van der Waals surface area contributed by atoms with Crippen LogP contribution >= 0.6 is 0 Å². The lowest BCUT2D eigenvalue weighted by atomic mass is 9.73. The van der Waals surface area contributed by atoms with Crippen LogP contribution in [-0.4, -0.2) is 13.2 Å². The zero-order valence-electron chi connectivity index (χ0n) is 17.9. The van der Waals surface area contributed by atoms with Crippen molar-refractivity contribution in [2.75, 3.05) is 13.2 Å². The SMILES string of the molecule is CCCCCC12CCC(c3ccc(-c4cc(F)c(OC=C(F)F)c(F)c4)cc3)(OC1)OC2. The molecule has 2 aromatic carbocycles. The maximum atomic E-state index is 14.2. The van der Waals surface area contributed by atoms with Gasteiger partial charge in [-0.1, -0.05) is 50.5 Å². The topological polar surface area (TPSA) is 27.7 Å². The molecule has 0 radical (unpaired) electrons. The third-order valence-corrected chi connectivity index (χ3v) is 6.44. The normalized spacial score (nSPS) is 24.4. The van der Waals surface area contributed by atoms with E-state index in [0.717, 1.165) is 37.0 Å². The highest BCUT2D eigenvalue weighted by Crippen LogP contribution is 2.51. The van der Waals surface area contributed by atoms with E-state index in [2.05, 4.69) is 11.7 Å². The lowest BCUT2D eigenvalue weighted by molar-refractivity contribution is -0.351. The summed E-state index contributed by atoms with van der Waals surface area (Å²) in [5.74, 6) is -3.77. The van der Waals surface area contributed by atoms with Crippen LogP contribution in [0.25, 0.3) is 11.1 Å². The van der Waals surface area contributed by atoms with E-state index in [4.69, 9.17) is 9.47 Å². The molecule has 3 aliphatic heterocycles. The Morgan fingerprint density at radius 2 is 1.62 bits per heavy atom. The van der Waals surface area contributed by atoms with E-state index in [0.29, 0.717) is 18.8 Å². The first-order valence-electron chi connectivity index (χ1n) is 10.9. The quantitative estimate of drug-likeness (QED) is 0.240. The molecule has 0 N–H and O–H groups in total. The second kappa shape index (κ2) is 9.24. The second-order valence-corrected chi connectivity index (χ2v) is 8.66. The van der Waals surface area contributed by atoms with E-state index in [9.17, 15) is 17.6 Å². The van der Waals surface area contributed by atoms with Gasteiger partial charge in [0.2, 0.25) is 0 Å². The third kappa shape index (κ3) is 4.55. The molecule has 0 atom stereocenters. The van der Waals surface area contributed by atoms with E-state index in [1.807, 2.05) is 12.1 Å². The van der Waals surface area contributed by atoms with Gasteiger partial charge in [-0.3, -0.25) is 0 Å². The Kier molecular flexibility index (Phi) is 6.58. The van der Waals surface area contributed by atoms with Gasteiger partial charge in [0, 0.05) is 17.4 Å². The van der Waals surface area contributed by atoms with E-state index in [-0.39, 0.29) is 17.2 Å². The van der Waals surface area contributed by atoms with Crippen molar-refractivity contribution in [3.8, 4) is 16.9 Å². The van der Waals surface area contributed by atoms with Crippen LogP contribution in [0, 0.1) is 17.0 Å². The van der Waals surface area contributed by atoms with E-state index >= 15 is 0 Å². The van der Waals surface area contributed by atoms with Crippen molar-refractivity contribution in [3.05, 3.63) is 65.9 Å². The summed E-state index contributed by atoms with van der Waals surface area (Å²) < 4.78 is 69.5. The fourth-order valence-electron chi connectivity index (χ4n) is 4.53. The molecule has 2 bridgehead atoms. The molecule has 5 rings (SSSR count). The molecule has 3 aliphatic rings. The molecular weight excluding hydrogens is 424 g/mol. The van der Waals surface area contributed by atoms with Gasteiger partial charge in [-0.05, 0) is 36.1 Å². The molecule has 172 valence electrons. The van der Waals surface area contributed by atoms with Crippen LogP contribution in [-0.2, 0) is 15.3 Å². The van der Waals surface area contributed by atoms with Gasteiger partial charge in [0.05, 0.1) is 13.2 Å². The summed E-state index contributed by atoms with van der Waals surface area (Å²) in [4.78, 5) is 0. The molecule has 0 unspecified atom stereocenters. The highest BCUT2D eigenvalue weighted by Gasteiger charge is 2.51. The maximum Gasteiger partial charge on any atom is 0.305 e. The van der Waals surface area contributed by atoms with Gasteiger partial charge in [-0.25, -0.2) is 8.78 Å². The summed E-state index contributed by atoms with van der Waals surface area (Å²) >= 11 is 0. The number of benzene rings is 2. The summed E-state index contributed by atoms with van der Waals surface area (Å²) in [6.07, 6.45) is 4.33. The first-order chi connectivity index (χ1) is 15.4. The van der Waals surface area contributed by atoms with Crippen LogP contribution in [0.5, 0.6) is 5.75 Å². The Morgan fingerprint density at radius 1 is 0.969 bits per heavy atom. The number of ether oxygens (including phenoxy) is 3. The molecule has 0 spiro atoms. The first kappa shape index (κ1) is 22.8. The average Bonchev–Trinajstić information content (AvgIpc) is 2.80. The van der Waals surface area contributed by atoms with Crippen LogP contribution in [0.3, 0.4) is 0 Å². The van der Waals surface area contributed by atoms with Crippen LogP contribution in [0.2, 0.25) is 0 Å². The van der Waals surface area contributed by atoms with Gasteiger partial charge in [0.25, 0.3) is 0 Å². The summed E-state index contributed by atoms with van der Waals surface area (Å²) in [6.45, 7) is 3.53. The zero-order valence-corrected chi connectivity index (χ0v) is 17.9. The Morgan fingerprint density at radius 3 is 2.16 bits per heavy atom. The fourth-order valence-corrected chi connectivity index (χ4v) is 4.53. The maximum absolute atomic E-state index is 14.2. The molecular formula is C25H26F4O3. The highest BCUT2D eigenvalue weighted by atomic mass is 19.3. The number of hydrogen-bond donors (Lipinski definition) is 0.